The summed E-state index contributed by atoms with van der Waals surface area (Å²) in [6.07, 6.45) is 0. The van der Waals surface area contributed by atoms with Gasteiger partial charge in [0.05, 0.1) is 4.90 Å². The Hall–Kier alpha value is -1.64. The third kappa shape index (κ3) is 4.80. The number of rotatable bonds is 4. The molecular weight excluding hydrogens is 306 g/mol. The van der Waals surface area contributed by atoms with Crippen molar-refractivity contribution in [1.29, 1.82) is 0 Å². The van der Waals surface area contributed by atoms with Gasteiger partial charge in [0.25, 0.3) is 10.0 Å². The maximum absolute atomic E-state index is 11.8. The molecule has 0 spiro atoms. The van der Waals surface area contributed by atoms with Crippen molar-refractivity contribution in [3.8, 4) is 0 Å². The molecule has 0 heterocycles. The van der Waals surface area contributed by atoms with Crippen LogP contribution in [0.1, 0.15) is 13.8 Å². The van der Waals surface area contributed by atoms with Gasteiger partial charge in [-0.15, -0.1) is 4.83 Å². The molecule has 9 heteroatoms. The molecule has 0 saturated carbocycles. The predicted octanol–water partition coefficient (Wildman–Crippen LogP) is 0.174. The number of hydrogen-bond donors (Lipinski definition) is 3. The van der Waals surface area contributed by atoms with Crippen molar-refractivity contribution >= 4 is 33.4 Å². The number of amides is 2. The van der Waals surface area contributed by atoms with E-state index in [1.54, 1.807) is 13.8 Å². The van der Waals surface area contributed by atoms with Gasteiger partial charge in [-0.25, -0.2) is 8.42 Å². The van der Waals surface area contributed by atoms with E-state index in [1.807, 2.05) is 10.3 Å². The summed E-state index contributed by atoms with van der Waals surface area (Å²) < 4.78 is 23.6. The van der Waals surface area contributed by atoms with Gasteiger partial charge in [0.15, 0.2) is 0 Å². The highest BCUT2D eigenvalue weighted by molar-refractivity contribution is 7.89. The van der Waals surface area contributed by atoms with E-state index in [2.05, 4.69) is 5.32 Å². The standard InChI is InChI=1S/C11H14ClN3O4S/c1-7(2)13-10(16)11(17)14-15-20(18,19)9-5-3-4-8(12)6-9/h3-7,15H,1-2H3,(H,13,16)(H,14,17). The Kier molecular flexibility index (Phi) is 5.49. The van der Waals surface area contributed by atoms with Crippen LogP contribution in [0.15, 0.2) is 29.2 Å². The second-order valence-electron chi connectivity index (χ2n) is 4.15. The fourth-order valence-corrected chi connectivity index (χ4v) is 2.33. The largest absolute Gasteiger partial charge is 0.346 e. The zero-order valence-corrected chi connectivity index (χ0v) is 12.4. The number of sulfonamides is 1. The van der Waals surface area contributed by atoms with Crippen LogP contribution in [0.25, 0.3) is 0 Å². The van der Waals surface area contributed by atoms with E-state index in [-0.39, 0.29) is 16.0 Å². The van der Waals surface area contributed by atoms with Crippen molar-refractivity contribution in [1.82, 2.24) is 15.6 Å². The molecule has 0 aromatic heterocycles. The molecule has 0 atom stereocenters. The van der Waals surface area contributed by atoms with Gasteiger partial charge >= 0.3 is 11.8 Å². The Labute approximate surface area is 121 Å². The fourth-order valence-electron chi connectivity index (χ4n) is 1.19. The third-order valence-corrected chi connectivity index (χ3v) is 3.51. The quantitative estimate of drug-likeness (QED) is 0.543. The van der Waals surface area contributed by atoms with Gasteiger partial charge in [0, 0.05) is 11.1 Å². The monoisotopic (exact) mass is 319 g/mol. The zero-order chi connectivity index (χ0) is 15.3. The van der Waals surface area contributed by atoms with Gasteiger partial charge in [-0.3, -0.25) is 15.0 Å². The smallest absolute Gasteiger partial charge is 0.324 e. The van der Waals surface area contributed by atoms with E-state index in [9.17, 15) is 18.0 Å². The van der Waals surface area contributed by atoms with E-state index in [0.717, 1.165) is 0 Å². The number of halogens is 1. The molecule has 1 aromatic carbocycles. The molecule has 0 aliphatic rings. The molecule has 0 bridgehead atoms. The van der Waals surface area contributed by atoms with Crippen molar-refractivity contribution in [3.05, 3.63) is 29.3 Å². The van der Waals surface area contributed by atoms with Crippen LogP contribution in [-0.2, 0) is 19.6 Å². The normalized spacial score (nSPS) is 11.2. The van der Waals surface area contributed by atoms with Crippen molar-refractivity contribution in [2.45, 2.75) is 24.8 Å². The van der Waals surface area contributed by atoms with E-state index < -0.39 is 21.8 Å². The number of hydrogen-bond acceptors (Lipinski definition) is 4. The fraction of sp³-hybridized carbons (Fsp3) is 0.273. The molecule has 1 aromatic rings. The second-order valence-corrected chi connectivity index (χ2v) is 6.26. The van der Waals surface area contributed by atoms with E-state index in [4.69, 9.17) is 11.6 Å². The Morgan fingerprint density at radius 2 is 1.85 bits per heavy atom. The first-order chi connectivity index (χ1) is 9.22. The molecule has 7 nitrogen and oxygen atoms in total. The van der Waals surface area contributed by atoms with Crippen LogP contribution in [0.4, 0.5) is 0 Å². The molecule has 0 aliphatic carbocycles. The molecule has 0 fully saturated rings. The molecule has 2 amide bonds. The summed E-state index contributed by atoms with van der Waals surface area (Å²) in [5.74, 6) is -2.04. The summed E-state index contributed by atoms with van der Waals surface area (Å²) >= 11 is 5.68. The summed E-state index contributed by atoms with van der Waals surface area (Å²) in [5, 5.41) is 2.55. The average molecular weight is 320 g/mol. The molecular formula is C11H14ClN3O4S. The Balaban J connectivity index is 2.69. The number of nitrogens with one attached hydrogen (secondary N) is 3. The van der Waals surface area contributed by atoms with Gasteiger partial charge in [-0.05, 0) is 32.0 Å². The Bertz CT molecular complexity index is 616. The summed E-state index contributed by atoms with van der Waals surface area (Å²) in [6.45, 7) is 3.34. The Morgan fingerprint density at radius 1 is 1.20 bits per heavy atom. The van der Waals surface area contributed by atoms with Crippen molar-refractivity contribution in [3.63, 3.8) is 0 Å². The lowest BCUT2D eigenvalue weighted by Gasteiger charge is -2.10. The molecule has 1 rings (SSSR count). The average Bonchev–Trinajstić information content (AvgIpc) is 2.35. The highest BCUT2D eigenvalue weighted by Crippen LogP contribution is 2.14. The van der Waals surface area contributed by atoms with Crippen LogP contribution < -0.4 is 15.6 Å². The first kappa shape index (κ1) is 16.4. The van der Waals surface area contributed by atoms with Crippen molar-refractivity contribution in [2.24, 2.45) is 0 Å². The van der Waals surface area contributed by atoms with E-state index in [0.29, 0.717) is 0 Å². The number of benzene rings is 1. The third-order valence-electron chi connectivity index (χ3n) is 2.03. The first-order valence-electron chi connectivity index (χ1n) is 5.60. The predicted molar refractivity (Wildman–Crippen MR) is 73.2 cm³/mol. The molecule has 0 saturated heterocycles. The van der Waals surface area contributed by atoms with E-state index in [1.165, 1.54) is 24.3 Å². The Morgan fingerprint density at radius 3 is 2.40 bits per heavy atom. The van der Waals surface area contributed by atoms with Crippen LogP contribution in [0.3, 0.4) is 0 Å². The number of carbonyl (C=O) groups excluding carboxylic acids is 2. The van der Waals surface area contributed by atoms with Crippen LogP contribution in [0, 0.1) is 0 Å². The highest BCUT2D eigenvalue weighted by Gasteiger charge is 2.19. The minimum absolute atomic E-state index is 0.130. The summed E-state index contributed by atoms with van der Waals surface area (Å²) in [5.41, 5.74) is 1.81. The van der Waals surface area contributed by atoms with E-state index >= 15 is 0 Å². The van der Waals surface area contributed by atoms with Crippen LogP contribution >= 0.6 is 11.6 Å². The SMILES string of the molecule is CC(C)NC(=O)C(=O)NNS(=O)(=O)c1cccc(Cl)c1. The minimum Gasteiger partial charge on any atom is -0.346 e. The summed E-state index contributed by atoms with van der Waals surface area (Å²) in [6, 6.07) is 5.23. The first-order valence-corrected chi connectivity index (χ1v) is 7.46. The van der Waals surface area contributed by atoms with Crippen LogP contribution in [-0.4, -0.2) is 26.3 Å². The molecule has 0 aliphatic heterocycles. The maximum Gasteiger partial charge on any atom is 0.324 e. The molecule has 3 N–H and O–H groups in total. The minimum atomic E-state index is -3.99. The lowest BCUT2D eigenvalue weighted by atomic mass is 10.4. The topological polar surface area (TPSA) is 104 Å². The molecule has 0 unspecified atom stereocenters. The van der Waals surface area contributed by atoms with Gasteiger partial charge in [0.1, 0.15) is 0 Å². The van der Waals surface area contributed by atoms with Crippen molar-refractivity contribution < 1.29 is 18.0 Å². The van der Waals surface area contributed by atoms with Gasteiger partial charge < -0.3 is 5.32 Å². The second kappa shape index (κ2) is 6.69. The lowest BCUT2D eigenvalue weighted by molar-refractivity contribution is -0.139. The molecule has 20 heavy (non-hydrogen) atoms. The van der Waals surface area contributed by atoms with Crippen LogP contribution in [0.2, 0.25) is 5.02 Å². The highest BCUT2D eigenvalue weighted by atomic mass is 35.5. The summed E-state index contributed by atoms with van der Waals surface area (Å²) in [7, 11) is -3.99. The molecule has 0 radical (unpaired) electrons. The lowest BCUT2D eigenvalue weighted by Crippen LogP contribution is -2.49. The van der Waals surface area contributed by atoms with Crippen LogP contribution in [0.5, 0.6) is 0 Å². The maximum atomic E-state index is 11.8. The van der Waals surface area contributed by atoms with Gasteiger partial charge in [0.2, 0.25) is 0 Å². The number of carbonyl (C=O) groups is 2. The van der Waals surface area contributed by atoms with Gasteiger partial charge in [-0.1, -0.05) is 17.7 Å². The number of hydrazine groups is 1. The molecule has 110 valence electrons. The van der Waals surface area contributed by atoms with Gasteiger partial charge in [-0.2, -0.15) is 0 Å². The van der Waals surface area contributed by atoms with Crippen molar-refractivity contribution in [2.75, 3.05) is 0 Å². The zero-order valence-electron chi connectivity index (χ0n) is 10.8. The summed E-state index contributed by atoms with van der Waals surface area (Å²) in [4.78, 5) is 24.3.